The Morgan fingerprint density at radius 1 is 1.18 bits per heavy atom. The number of carbonyl (C=O) groups is 1. The molecule has 4 rings (SSSR count). The van der Waals surface area contributed by atoms with Crippen LogP contribution in [0.3, 0.4) is 0 Å². The van der Waals surface area contributed by atoms with Crippen molar-refractivity contribution in [3.8, 4) is 0 Å². The first-order chi connectivity index (χ1) is 15.9. The molecule has 2 heterocycles. The molecule has 176 valence electrons. The molecule has 0 radical (unpaired) electrons. The van der Waals surface area contributed by atoms with Crippen molar-refractivity contribution in [3.05, 3.63) is 47.8 Å². The van der Waals surface area contributed by atoms with Crippen LogP contribution in [0.1, 0.15) is 41.7 Å². The third-order valence-corrected chi connectivity index (χ3v) is 6.40. The summed E-state index contributed by atoms with van der Waals surface area (Å²) in [6, 6.07) is 10.4. The molecule has 1 aliphatic rings. The lowest BCUT2D eigenvalue weighted by molar-refractivity contribution is 0.0590. The average Bonchev–Trinajstić information content (AvgIpc) is 3.19. The fourth-order valence-electron chi connectivity index (χ4n) is 4.62. The molecule has 0 saturated heterocycles. The largest absolute Gasteiger partial charge is 0.464 e. The summed E-state index contributed by atoms with van der Waals surface area (Å²) in [6.07, 6.45) is 6.53. The fraction of sp³-hybridized carbons (Fsp3) is 0.480. The molecule has 1 aliphatic carbocycles. The van der Waals surface area contributed by atoms with Crippen molar-refractivity contribution in [2.45, 2.75) is 38.3 Å². The van der Waals surface area contributed by atoms with Gasteiger partial charge in [-0.3, -0.25) is 0 Å². The van der Waals surface area contributed by atoms with E-state index in [1.807, 2.05) is 61.1 Å². The summed E-state index contributed by atoms with van der Waals surface area (Å²) in [5.74, 6) is 2.01. The Morgan fingerprint density at radius 3 is 2.67 bits per heavy atom. The van der Waals surface area contributed by atoms with Crippen LogP contribution in [-0.4, -0.2) is 54.3 Å². The minimum atomic E-state index is -0.303. The number of nitrogens with zero attached hydrogens (tertiary/aromatic N) is 4. The molecule has 1 aromatic carbocycles. The Kier molecular flexibility index (Phi) is 7.13. The zero-order valence-electron chi connectivity index (χ0n) is 20.0. The van der Waals surface area contributed by atoms with Gasteiger partial charge in [0.2, 0.25) is 5.95 Å². The third kappa shape index (κ3) is 5.45. The summed E-state index contributed by atoms with van der Waals surface area (Å²) in [7, 11) is 7.31. The number of hydrogen-bond acceptors (Lipinski definition) is 7. The number of para-hydroxylation sites is 1. The van der Waals surface area contributed by atoms with E-state index in [9.17, 15) is 4.79 Å². The van der Waals surface area contributed by atoms with E-state index in [-0.39, 0.29) is 5.97 Å². The quantitative estimate of drug-likeness (QED) is 0.508. The average molecular weight is 451 g/mol. The highest BCUT2D eigenvalue weighted by Gasteiger charge is 2.22. The predicted octanol–water partition coefficient (Wildman–Crippen LogP) is 3.58. The predicted molar refractivity (Wildman–Crippen MR) is 132 cm³/mol. The fourth-order valence-corrected chi connectivity index (χ4v) is 4.62. The molecule has 1 fully saturated rings. The highest BCUT2D eigenvalue weighted by atomic mass is 16.5. The van der Waals surface area contributed by atoms with Gasteiger partial charge in [0, 0.05) is 45.3 Å². The monoisotopic (exact) mass is 450 g/mol. The number of aromatic nitrogens is 3. The van der Waals surface area contributed by atoms with Gasteiger partial charge in [-0.25, -0.2) is 9.78 Å². The van der Waals surface area contributed by atoms with Crippen molar-refractivity contribution in [3.63, 3.8) is 0 Å². The number of fused-ring (bicyclic) bond motifs is 1. The maximum absolute atomic E-state index is 11.8. The van der Waals surface area contributed by atoms with Gasteiger partial charge < -0.3 is 24.8 Å². The number of nitrogens with one attached hydrogen (secondary N) is 2. The molecule has 0 amide bonds. The van der Waals surface area contributed by atoms with Gasteiger partial charge >= 0.3 is 5.97 Å². The van der Waals surface area contributed by atoms with Crippen molar-refractivity contribution in [2.75, 3.05) is 38.0 Å². The van der Waals surface area contributed by atoms with Crippen molar-refractivity contribution < 1.29 is 9.53 Å². The molecule has 8 nitrogen and oxygen atoms in total. The smallest absolute Gasteiger partial charge is 0.354 e. The van der Waals surface area contributed by atoms with Crippen molar-refractivity contribution in [1.29, 1.82) is 0 Å². The van der Waals surface area contributed by atoms with Crippen LogP contribution in [0.15, 0.2) is 36.5 Å². The summed E-state index contributed by atoms with van der Waals surface area (Å²) < 4.78 is 6.64. The zero-order chi connectivity index (χ0) is 23.4. The van der Waals surface area contributed by atoms with Crippen LogP contribution in [0.4, 0.5) is 11.8 Å². The van der Waals surface area contributed by atoms with Gasteiger partial charge in [-0.05, 0) is 61.9 Å². The van der Waals surface area contributed by atoms with Gasteiger partial charge in [-0.1, -0.05) is 12.1 Å². The van der Waals surface area contributed by atoms with Crippen LogP contribution in [0.25, 0.3) is 10.9 Å². The van der Waals surface area contributed by atoms with E-state index < -0.39 is 0 Å². The summed E-state index contributed by atoms with van der Waals surface area (Å²) in [4.78, 5) is 23.3. The van der Waals surface area contributed by atoms with Gasteiger partial charge in [-0.15, -0.1) is 0 Å². The van der Waals surface area contributed by atoms with Crippen LogP contribution in [0.2, 0.25) is 0 Å². The van der Waals surface area contributed by atoms with Crippen LogP contribution in [0.5, 0.6) is 0 Å². The number of hydrogen-bond donors (Lipinski definition) is 2. The van der Waals surface area contributed by atoms with Gasteiger partial charge in [0.05, 0.1) is 12.6 Å². The second-order valence-corrected chi connectivity index (χ2v) is 9.11. The van der Waals surface area contributed by atoms with Gasteiger partial charge in [0.25, 0.3) is 0 Å². The lowest BCUT2D eigenvalue weighted by Crippen LogP contribution is -2.31. The lowest BCUT2D eigenvalue weighted by Gasteiger charge is -2.29. The number of ether oxygens (including phenoxy) is 1. The van der Waals surface area contributed by atoms with E-state index in [1.54, 1.807) is 0 Å². The summed E-state index contributed by atoms with van der Waals surface area (Å²) in [6.45, 7) is 1.73. The Morgan fingerprint density at radius 2 is 1.94 bits per heavy atom. The van der Waals surface area contributed by atoms with Gasteiger partial charge in [0.1, 0.15) is 11.5 Å². The first-order valence-corrected chi connectivity index (χ1v) is 11.6. The molecule has 2 N–H and O–H groups in total. The molecule has 0 aliphatic heterocycles. The maximum atomic E-state index is 11.8. The summed E-state index contributed by atoms with van der Waals surface area (Å²) in [5, 5.41) is 8.21. The lowest BCUT2D eigenvalue weighted by atomic mass is 9.86. The van der Waals surface area contributed by atoms with Crippen LogP contribution in [0, 0.1) is 5.92 Å². The molecule has 8 heteroatoms. The molecular weight excluding hydrogens is 416 g/mol. The first-order valence-electron chi connectivity index (χ1n) is 11.6. The highest BCUT2D eigenvalue weighted by Crippen LogP contribution is 2.28. The summed E-state index contributed by atoms with van der Waals surface area (Å²) >= 11 is 0. The molecule has 33 heavy (non-hydrogen) atoms. The van der Waals surface area contributed by atoms with E-state index in [0.717, 1.165) is 48.2 Å². The standard InChI is InChI=1S/C25H34N6O2/c1-30(2)23-20-7-5-6-8-21(20)28-25(29-23)27-19-11-9-17(10-12-19)14-26-15-18-13-22(24(32)33-4)31(3)16-18/h5-8,13,16-17,19,26H,9-12,14-15H2,1-4H3,(H,27,28,29). The van der Waals surface area contributed by atoms with Gasteiger partial charge in [0.15, 0.2) is 0 Å². The zero-order valence-corrected chi connectivity index (χ0v) is 20.0. The summed E-state index contributed by atoms with van der Waals surface area (Å²) in [5.41, 5.74) is 2.64. The van der Waals surface area contributed by atoms with Crippen LogP contribution >= 0.6 is 0 Å². The van der Waals surface area contributed by atoms with Gasteiger partial charge in [-0.2, -0.15) is 4.98 Å². The minimum absolute atomic E-state index is 0.303. The molecular formula is C25H34N6O2. The topological polar surface area (TPSA) is 84.3 Å². The van der Waals surface area contributed by atoms with Crippen molar-refractivity contribution in [2.24, 2.45) is 13.0 Å². The van der Waals surface area contributed by atoms with E-state index in [0.29, 0.717) is 23.6 Å². The minimum Gasteiger partial charge on any atom is -0.464 e. The van der Waals surface area contributed by atoms with Crippen molar-refractivity contribution in [1.82, 2.24) is 19.9 Å². The molecule has 0 atom stereocenters. The number of benzene rings is 1. The van der Waals surface area contributed by atoms with E-state index in [4.69, 9.17) is 14.7 Å². The molecule has 3 aromatic rings. The van der Waals surface area contributed by atoms with Crippen molar-refractivity contribution >= 4 is 28.6 Å². The number of methoxy groups -OCH3 is 1. The normalized spacial score (nSPS) is 18.3. The van der Waals surface area contributed by atoms with E-state index in [1.165, 1.54) is 20.0 Å². The van der Waals surface area contributed by atoms with Crippen LogP contribution < -0.4 is 15.5 Å². The van der Waals surface area contributed by atoms with Crippen LogP contribution in [-0.2, 0) is 18.3 Å². The van der Waals surface area contributed by atoms with E-state index >= 15 is 0 Å². The molecule has 0 bridgehead atoms. The van der Waals surface area contributed by atoms with E-state index in [2.05, 4.69) is 16.7 Å². The maximum Gasteiger partial charge on any atom is 0.354 e. The SMILES string of the molecule is COC(=O)c1cc(CNCC2CCC(Nc3nc(N(C)C)c4ccccc4n3)CC2)cn1C. The number of anilines is 2. The Balaban J connectivity index is 1.27. The molecule has 2 aromatic heterocycles. The third-order valence-electron chi connectivity index (χ3n) is 6.40. The molecule has 0 spiro atoms. The number of rotatable bonds is 8. The molecule has 1 saturated carbocycles. The second-order valence-electron chi connectivity index (χ2n) is 9.11. The first kappa shape index (κ1) is 23.0. The number of esters is 1. The Labute approximate surface area is 195 Å². The Hall–Kier alpha value is -3.13. The highest BCUT2D eigenvalue weighted by molar-refractivity contribution is 5.90. The number of carbonyl (C=O) groups excluding carboxylic acids is 1. The molecule has 0 unspecified atom stereocenters. The second kappa shape index (κ2) is 10.2. The Bertz CT molecular complexity index is 1100. The number of aryl methyl sites for hydroxylation is 1.